The molecule has 2 unspecified atom stereocenters. The molecule has 6 aliphatic rings. The molecule has 0 aromatic heterocycles. The Balaban J connectivity index is 1.20. The first-order valence-electron chi connectivity index (χ1n) is 14.5. The molecule has 0 N–H and O–H groups in total. The maximum absolute atomic E-state index is 6.31. The van der Waals surface area contributed by atoms with Crippen LogP contribution in [0.15, 0.2) is 12.1 Å². The summed E-state index contributed by atoms with van der Waals surface area (Å²) in [7, 11) is 1.79. The topological polar surface area (TPSA) is 27.7 Å². The van der Waals surface area contributed by atoms with Gasteiger partial charge >= 0.3 is 7.12 Å². The summed E-state index contributed by atoms with van der Waals surface area (Å²) in [6.45, 7) is 16.4. The zero-order valence-electron chi connectivity index (χ0n) is 23.2. The molecule has 1 aliphatic heterocycles. The van der Waals surface area contributed by atoms with Crippen molar-refractivity contribution in [2.45, 2.75) is 117 Å². The third-order valence-corrected chi connectivity index (χ3v) is 13.4. The fourth-order valence-electron chi connectivity index (χ4n) is 10.9. The minimum atomic E-state index is -0.263. The number of hydrogen-bond donors (Lipinski definition) is 0. The van der Waals surface area contributed by atoms with E-state index in [9.17, 15) is 0 Å². The van der Waals surface area contributed by atoms with Gasteiger partial charge in [0.2, 0.25) is 0 Å². The van der Waals surface area contributed by atoms with Gasteiger partial charge < -0.3 is 14.0 Å². The van der Waals surface area contributed by atoms with Gasteiger partial charge in [0, 0.05) is 12.5 Å². The maximum Gasteiger partial charge on any atom is 0.486 e. The molecule has 1 spiro atoms. The third-order valence-electron chi connectivity index (χ3n) is 13.4. The van der Waals surface area contributed by atoms with E-state index in [0.717, 1.165) is 29.6 Å². The number of methoxy groups -OCH3 is 1. The number of hydrogen-bond acceptors (Lipinski definition) is 3. The van der Waals surface area contributed by atoms with E-state index in [-0.39, 0.29) is 18.3 Å². The second-order valence-corrected chi connectivity index (χ2v) is 14.8. The number of ether oxygens (including phenoxy) is 1. The highest BCUT2D eigenvalue weighted by Gasteiger charge is 2.77. The molecule has 0 aromatic rings. The molecule has 10 atom stereocenters. The molecule has 0 bridgehead atoms. The van der Waals surface area contributed by atoms with Crippen LogP contribution >= 0.6 is 0 Å². The number of allylic oxidation sites excluding steroid dienone is 1. The molecule has 1 heterocycles. The standard InChI is InChI=1S/C30H49BO3/c1-19(13-16-31-33-26(2,3)27(4,5)34-31)22-9-10-23-21-17-25(32-8)30-18-20(30)11-15-29(30,7)24(21)12-14-28(22,23)6/h13,16,19-25H,9-12,14-15,17-18H2,1-8H3/b16-13+/t19-,20?,21+,22-,23+,24+,25-,28-,29-,30?/m1/s1. The Morgan fingerprint density at radius 3 is 2.26 bits per heavy atom. The largest absolute Gasteiger partial charge is 0.486 e. The van der Waals surface area contributed by atoms with Gasteiger partial charge in [-0.05, 0) is 125 Å². The van der Waals surface area contributed by atoms with Crippen LogP contribution in [0.4, 0.5) is 0 Å². The van der Waals surface area contributed by atoms with Crippen molar-refractivity contribution in [2.24, 2.45) is 51.8 Å². The molecule has 5 saturated carbocycles. The van der Waals surface area contributed by atoms with Crippen LogP contribution in [0.2, 0.25) is 0 Å². The molecule has 4 heteroatoms. The zero-order chi connectivity index (χ0) is 24.3. The molecule has 6 fully saturated rings. The molecule has 34 heavy (non-hydrogen) atoms. The van der Waals surface area contributed by atoms with Crippen molar-refractivity contribution in [2.75, 3.05) is 7.11 Å². The van der Waals surface area contributed by atoms with Crippen LogP contribution in [0.5, 0.6) is 0 Å². The highest BCUT2D eigenvalue weighted by Crippen LogP contribution is 2.82. The van der Waals surface area contributed by atoms with E-state index in [1.54, 1.807) is 0 Å². The Morgan fingerprint density at radius 2 is 1.62 bits per heavy atom. The quantitative estimate of drug-likeness (QED) is 0.412. The highest BCUT2D eigenvalue weighted by molar-refractivity contribution is 6.51. The van der Waals surface area contributed by atoms with Gasteiger partial charge in [-0.2, -0.15) is 0 Å². The van der Waals surface area contributed by atoms with Gasteiger partial charge in [-0.15, -0.1) is 0 Å². The van der Waals surface area contributed by atoms with Crippen molar-refractivity contribution in [3.63, 3.8) is 0 Å². The van der Waals surface area contributed by atoms with E-state index in [1.165, 1.54) is 51.4 Å². The van der Waals surface area contributed by atoms with E-state index in [1.807, 2.05) is 7.11 Å². The van der Waals surface area contributed by atoms with Gasteiger partial charge in [0.25, 0.3) is 0 Å². The Bertz CT molecular complexity index is 851. The first kappa shape index (κ1) is 24.0. The monoisotopic (exact) mass is 468 g/mol. The maximum atomic E-state index is 6.31. The average Bonchev–Trinajstić information content (AvgIpc) is 3.17. The lowest BCUT2D eigenvalue weighted by atomic mass is 9.45. The van der Waals surface area contributed by atoms with Gasteiger partial charge in [-0.3, -0.25) is 0 Å². The lowest BCUT2D eigenvalue weighted by Gasteiger charge is -2.61. The van der Waals surface area contributed by atoms with E-state index in [2.05, 4.69) is 60.5 Å². The Kier molecular flexibility index (Phi) is 5.22. The summed E-state index contributed by atoms with van der Waals surface area (Å²) in [4.78, 5) is 0. The Morgan fingerprint density at radius 1 is 0.912 bits per heavy atom. The SMILES string of the molecule is CO[C@@H]1C[C@H]2[C@@H]3CC[C@H]([C@H](C)/C=C/B4OC(C)(C)C(C)(C)O4)[C@@]3(C)CC[C@@H]2[C@@]2(C)CCC3CC312. The summed E-state index contributed by atoms with van der Waals surface area (Å²) < 4.78 is 18.8. The van der Waals surface area contributed by atoms with Crippen LogP contribution in [0, 0.1) is 51.8 Å². The van der Waals surface area contributed by atoms with Crippen molar-refractivity contribution >= 4 is 7.12 Å². The van der Waals surface area contributed by atoms with Crippen molar-refractivity contribution in [1.82, 2.24) is 0 Å². The van der Waals surface area contributed by atoms with Gasteiger partial charge in [-0.1, -0.05) is 32.8 Å². The first-order chi connectivity index (χ1) is 15.9. The molecule has 3 nitrogen and oxygen atoms in total. The summed E-state index contributed by atoms with van der Waals surface area (Å²) in [5.41, 5.74) is 1.00. The molecule has 0 aromatic carbocycles. The van der Waals surface area contributed by atoms with Gasteiger partial charge in [0.05, 0.1) is 17.3 Å². The molecule has 190 valence electrons. The van der Waals surface area contributed by atoms with Crippen molar-refractivity contribution in [3.05, 3.63) is 12.1 Å². The molecule has 1 saturated heterocycles. The number of fused-ring (bicyclic) bond motifs is 4. The Hall–Kier alpha value is -0.315. The highest BCUT2D eigenvalue weighted by atomic mass is 16.7. The summed E-state index contributed by atoms with van der Waals surface area (Å²) in [5.74, 6) is 7.16. The predicted molar refractivity (Wildman–Crippen MR) is 138 cm³/mol. The summed E-state index contributed by atoms with van der Waals surface area (Å²) >= 11 is 0. The second-order valence-electron chi connectivity index (χ2n) is 14.8. The summed E-state index contributed by atoms with van der Waals surface area (Å²) in [6, 6.07) is 0. The van der Waals surface area contributed by atoms with Crippen LogP contribution in [0.3, 0.4) is 0 Å². The van der Waals surface area contributed by atoms with E-state index < -0.39 is 0 Å². The first-order valence-corrected chi connectivity index (χ1v) is 14.5. The molecule has 0 amide bonds. The van der Waals surface area contributed by atoms with Crippen molar-refractivity contribution < 1.29 is 14.0 Å². The van der Waals surface area contributed by atoms with Crippen molar-refractivity contribution in [1.29, 1.82) is 0 Å². The minimum Gasteiger partial charge on any atom is -0.400 e. The number of rotatable bonds is 4. The molecule has 0 radical (unpaired) electrons. The van der Waals surface area contributed by atoms with Crippen LogP contribution in [0.25, 0.3) is 0 Å². The van der Waals surface area contributed by atoms with Crippen molar-refractivity contribution in [3.8, 4) is 0 Å². The molecular weight excluding hydrogens is 419 g/mol. The van der Waals surface area contributed by atoms with E-state index in [4.69, 9.17) is 14.0 Å². The smallest absolute Gasteiger partial charge is 0.400 e. The average molecular weight is 469 g/mol. The van der Waals surface area contributed by atoms with Gasteiger partial charge in [-0.25, -0.2) is 0 Å². The summed E-state index contributed by atoms with van der Waals surface area (Å²) in [5, 5.41) is 0. The minimum absolute atomic E-state index is 0.223. The Labute approximate surface area is 209 Å². The fraction of sp³-hybridized carbons (Fsp3) is 0.933. The zero-order valence-corrected chi connectivity index (χ0v) is 23.2. The van der Waals surface area contributed by atoms with Gasteiger partial charge in [0.1, 0.15) is 0 Å². The van der Waals surface area contributed by atoms with Crippen LogP contribution in [-0.2, 0) is 14.0 Å². The second kappa shape index (κ2) is 7.38. The van der Waals surface area contributed by atoms with Crippen LogP contribution < -0.4 is 0 Å². The lowest BCUT2D eigenvalue weighted by molar-refractivity contribution is -0.160. The lowest BCUT2D eigenvalue weighted by Crippen LogP contribution is -2.57. The molecule has 5 aliphatic carbocycles. The normalized spacial score (nSPS) is 53.4. The molecule has 6 rings (SSSR count). The van der Waals surface area contributed by atoms with Crippen LogP contribution in [-0.4, -0.2) is 31.5 Å². The molecular formula is C30H49BO3. The van der Waals surface area contributed by atoms with E-state index >= 15 is 0 Å². The third kappa shape index (κ3) is 2.94. The van der Waals surface area contributed by atoms with E-state index in [0.29, 0.717) is 28.3 Å². The predicted octanol–water partition coefficient (Wildman–Crippen LogP) is 7.09. The van der Waals surface area contributed by atoms with Crippen LogP contribution in [0.1, 0.15) is 99.8 Å². The fourth-order valence-corrected chi connectivity index (χ4v) is 10.9. The summed E-state index contributed by atoms with van der Waals surface area (Å²) in [6.07, 6.45) is 14.3. The van der Waals surface area contributed by atoms with Gasteiger partial charge in [0.15, 0.2) is 0 Å².